The summed E-state index contributed by atoms with van der Waals surface area (Å²) in [5.74, 6) is 1.23. The first-order chi connectivity index (χ1) is 13.2. The number of hydrogen-bond acceptors (Lipinski definition) is 4. The maximum atomic E-state index is 6.49. The minimum Gasteiger partial charge on any atom is -0.490 e. The van der Waals surface area contributed by atoms with Gasteiger partial charge >= 0.3 is 0 Å². The smallest absolute Gasteiger partial charge is 0.180 e. The molecule has 0 bridgehead atoms. The Kier molecular flexibility index (Phi) is 7.65. The summed E-state index contributed by atoms with van der Waals surface area (Å²) in [7, 11) is 0. The number of nitrogens with one attached hydrogen (secondary N) is 1. The van der Waals surface area contributed by atoms with E-state index in [2.05, 4.69) is 5.32 Å². The minimum absolute atomic E-state index is 0.314. The lowest BCUT2D eigenvalue weighted by Gasteiger charge is -2.16. The van der Waals surface area contributed by atoms with E-state index in [4.69, 9.17) is 37.4 Å². The molecule has 0 amide bonds. The summed E-state index contributed by atoms with van der Waals surface area (Å²) in [6.45, 7) is 5.30. The Labute approximate surface area is 170 Å². The van der Waals surface area contributed by atoms with Gasteiger partial charge in [0.05, 0.1) is 17.7 Å². The van der Waals surface area contributed by atoms with E-state index in [1.54, 1.807) is 0 Å². The van der Waals surface area contributed by atoms with Crippen LogP contribution in [0.4, 0.5) is 0 Å². The van der Waals surface area contributed by atoms with Crippen molar-refractivity contribution in [3.8, 4) is 11.5 Å². The minimum atomic E-state index is 0.314. The first-order valence-electron chi connectivity index (χ1n) is 9.30. The van der Waals surface area contributed by atoms with Crippen molar-refractivity contribution in [2.45, 2.75) is 39.0 Å². The molecule has 27 heavy (non-hydrogen) atoms. The van der Waals surface area contributed by atoms with Gasteiger partial charge in [-0.05, 0) is 55.2 Å². The number of rotatable bonds is 9. The van der Waals surface area contributed by atoms with Gasteiger partial charge < -0.3 is 19.5 Å². The molecule has 2 aromatic rings. The average Bonchev–Trinajstić information content (AvgIpc) is 3.16. The lowest BCUT2D eigenvalue weighted by atomic mass is 10.2. The van der Waals surface area contributed by atoms with Gasteiger partial charge in [0.1, 0.15) is 6.61 Å². The third-order valence-corrected chi connectivity index (χ3v) is 4.92. The Morgan fingerprint density at radius 1 is 1.11 bits per heavy atom. The quantitative estimate of drug-likeness (QED) is 0.614. The monoisotopic (exact) mass is 409 g/mol. The second-order valence-corrected chi connectivity index (χ2v) is 7.36. The number of ether oxygens (including phenoxy) is 3. The van der Waals surface area contributed by atoms with E-state index in [1.165, 1.54) is 0 Å². The molecule has 1 aliphatic rings. The van der Waals surface area contributed by atoms with Crippen molar-refractivity contribution in [3.05, 3.63) is 57.6 Å². The second kappa shape index (κ2) is 10.2. The predicted molar refractivity (Wildman–Crippen MR) is 109 cm³/mol. The fourth-order valence-electron chi connectivity index (χ4n) is 3.05. The van der Waals surface area contributed by atoms with Gasteiger partial charge in [0.2, 0.25) is 0 Å². The fraction of sp³-hybridized carbons (Fsp3) is 0.429. The molecule has 2 aromatic carbocycles. The van der Waals surface area contributed by atoms with Gasteiger partial charge in [0, 0.05) is 24.7 Å². The summed E-state index contributed by atoms with van der Waals surface area (Å²) < 4.78 is 17.3. The molecular formula is C21H25Cl2NO3. The fourth-order valence-corrected chi connectivity index (χ4v) is 3.46. The van der Waals surface area contributed by atoms with Crippen LogP contribution in [0.1, 0.15) is 30.9 Å². The van der Waals surface area contributed by atoms with Crippen molar-refractivity contribution in [3.63, 3.8) is 0 Å². The molecule has 1 heterocycles. The van der Waals surface area contributed by atoms with Crippen molar-refractivity contribution in [1.29, 1.82) is 0 Å². The third-order valence-electron chi connectivity index (χ3n) is 4.39. The lowest BCUT2D eigenvalue weighted by Crippen LogP contribution is -2.25. The van der Waals surface area contributed by atoms with Crippen LogP contribution in [-0.2, 0) is 17.9 Å². The van der Waals surface area contributed by atoms with E-state index in [0.717, 1.165) is 37.1 Å². The normalized spacial score (nSPS) is 16.5. The van der Waals surface area contributed by atoms with Crippen LogP contribution in [0.15, 0.2) is 36.4 Å². The summed E-state index contributed by atoms with van der Waals surface area (Å²) in [6.07, 6.45) is 2.58. The van der Waals surface area contributed by atoms with E-state index in [-0.39, 0.29) is 0 Å². The maximum Gasteiger partial charge on any atom is 0.180 e. The SMILES string of the molecule is CCOc1cc(CNCC2CCCO2)cc(Cl)c1OCc1ccc(Cl)cc1. The molecule has 1 N–H and O–H groups in total. The Bertz CT molecular complexity index is 731. The van der Waals surface area contributed by atoms with E-state index < -0.39 is 0 Å². The van der Waals surface area contributed by atoms with Gasteiger partial charge in [-0.25, -0.2) is 0 Å². The van der Waals surface area contributed by atoms with E-state index in [0.29, 0.717) is 47.4 Å². The zero-order valence-electron chi connectivity index (χ0n) is 15.5. The highest BCUT2D eigenvalue weighted by Gasteiger charge is 2.16. The second-order valence-electron chi connectivity index (χ2n) is 6.52. The molecule has 3 rings (SSSR count). The Morgan fingerprint density at radius 2 is 1.93 bits per heavy atom. The third kappa shape index (κ3) is 6.01. The molecule has 1 saturated heterocycles. The summed E-state index contributed by atoms with van der Waals surface area (Å²) >= 11 is 12.4. The first kappa shape index (κ1) is 20.3. The van der Waals surface area contributed by atoms with Crippen molar-refractivity contribution < 1.29 is 14.2 Å². The van der Waals surface area contributed by atoms with E-state index >= 15 is 0 Å². The lowest BCUT2D eigenvalue weighted by molar-refractivity contribution is 0.110. The van der Waals surface area contributed by atoms with Crippen LogP contribution in [0.5, 0.6) is 11.5 Å². The van der Waals surface area contributed by atoms with Gasteiger partial charge in [-0.15, -0.1) is 0 Å². The first-order valence-corrected chi connectivity index (χ1v) is 10.1. The molecule has 0 aliphatic carbocycles. The van der Waals surface area contributed by atoms with Crippen molar-refractivity contribution in [1.82, 2.24) is 5.32 Å². The highest BCUT2D eigenvalue weighted by molar-refractivity contribution is 6.32. The molecule has 0 radical (unpaired) electrons. The Hall–Kier alpha value is -1.46. The van der Waals surface area contributed by atoms with Crippen molar-refractivity contribution >= 4 is 23.2 Å². The van der Waals surface area contributed by atoms with Crippen molar-refractivity contribution in [2.24, 2.45) is 0 Å². The topological polar surface area (TPSA) is 39.7 Å². The molecule has 1 fully saturated rings. The molecule has 1 atom stereocenters. The summed E-state index contributed by atoms with van der Waals surface area (Å²) in [6, 6.07) is 11.4. The molecular weight excluding hydrogens is 385 g/mol. The standard InChI is InChI=1S/C21H25Cl2NO3/c1-2-25-20-11-16(12-24-13-18-4-3-9-26-18)10-19(23)21(20)27-14-15-5-7-17(22)8-6-15/h5-8,10-11,18,24H,2-4,9,12-14H2,1H3. The molecule has 4 nitrogen and oxygen atoms in total. The Balaban J connectivity index is 1.64. The van der Waals surface area contributed by atoms with Gasteiger partial charge in [0.15, 0.2) is 11.5 Å². The Morgan fingerprint density at radius 3 is 2.63 bits per heavy atom. The zero-order valence-corrected chi connectivity index (χ0v) is 17.0. The van der Waals surface area contributed by atoms with Crippen LogP contribution >= 0.6 is 23.2 Å². The number of benzene rings is 2. The van der Waals surface area contributed by atoms with E-state index in [9.17, 15) is 0 Å². The van der Waals surface area contributed by atoms with Gasteiger partial charge in [0.25, 0.3) is 0 Å². The summed E-state index contributed by atoms with van der Waals surface area (Å²) in [4.78, 5) is 0. The van der Waals surface area contributed by atoms with Gasteiger partial charge in [-0.3, -0.25) is 0 Å². The molecule has 1 unspecified atom stereocenters. The van der Waals surface area contributed by atoms with Gasteiger partial charge in [-0.1, -0.05) is 35.3 Å². The van der Waals surface area contributed by atoms with Crippen LogP contribution in [0.3, 0.4) is 0 Å². The number of hydrogen-bond donors (Lipinski definition) is 1. The average molecular weight is 410 g/mol. The molecule has 146 valence electrons. The molecule has 1 aliphatic heterocycles. The zero-order chi connectivity index (χ0) is 19.1. The highest BCUT2D eigenvalue weighted by Crippen LogP contribution is 2.37. The van der Waals surface area contributed by atoms with Crippen LogP contribution in [0, 0.1) is 0 Å². The summed E-state index contributed by atoms with van der Waals surface area (Å²) in [5, 5.41) is 4.68. The van der Waals surface area contributed by atoms with Crippen molar-refractivity contribution in [2.75, 3.05) is 19.8 Å². The summed E-state index contributed by atoms with van der Waals surface area (Å²) in [5.41, 5.74) is 2.07. The van der Waals surface area contributed by atoms with Crippen LogP contribution in [0.25, 0.3) is 0 Å². The predicted octanol–water partition coefficient (Wildman–Crippen LogP) is 5.24. The van der Waals surface area contributed by atoms with E-state index in [1.807, 2.05) is 43.3 Å². The molecule has 0 aromatic heterocycles. The largest absolute Gasteiger partial charge is 0.490 e. The molecule has 0 spiro atoms. The molecule has 0 saturated carbocycles. The van der Waals surface area contributed by atoms with Crippen LogP contribution in [-0.4, -0.2) is 25.9 Å². The van der Waals surface area contributed by atoms with Crippen LogP contribution in [0.2, 0.25) is 10.0 Å². The maximum absolute atomic E-state index is 6.49. The number of halogens is 2. The molecule has 6 heteroatoms. The highest BCUT2D eigenvalue weighted by atomic mass is 35.5. The van der Waals surface area contributed by atoms with Gasteiger partial charge in [-0.2, -0.15) is 0 Å². The van der Waals surface area contributed by atoms with Crippen LogP contribution < -0.4 is 14.8 Å².